The molecule has 1 fully saturated rings. The van der Waals surface area contributed by atoms with Crippen molar-refractivity contribution in [1.82, 2.24) is 4.90 Å². The van der Waals surface area contributed by atoms with Crippen molar-refractivity contribution < 1.29 is 14.3 Å². The van der Waals surface area contributed by atoms with E-state index in [1.807, 2.05) is 25.7 Å². The summed E-state index contributed by atoms with van der Waals surface area (Å²) in [6.45, 7) is 9.22. The Bertz CT molecular complexity index is 259. The van der Waals surface area contributed by atoms with Crippen molar-refractivity contribution in [3.8, 4) is 0 Å². The third-order valence-corrected chi connectivity index (χ3v) is 3.25. The summed E-state index contributed by atoms with van der Waals surface area (Å²) in [5.41, 5.74) is 5.87. The molecule has 0 aromatic rings. The predicted molar refractivity (Wildman–Crippen MR) is 70.2 cm³/mol. The molecule has 0 radical (unpaired) electrons. The fourth-order valence-electron chi connectivity index (χ4n) is 1.98. The molecule has 0 aromatic carbocycles. The second kappa shape index (κ2) is 7.71. The molecular formula is C13H26N2O3. The van der Waals surface area contributed by atoms with Crippen molar-refractivity contribution in [1.29, 1.82) is 0 Å². The van der Waals surface area contributed by atoms with Gasteiger partial charge in [0.05, 0.1) is 25.4 Å². The Labute approximate surface area is 110 Å². The van der Waals surface area contributed by atoms with E-state index >= 15 is 0 Å². The minimum atomic E-state index is -0.396. The SMILES string of the molecule is CCOCCO[C@H]1CCN(C(=O)[C@@H](N)C(C)C)C1. The number of rotatable bonds is 7. The number of carbonyl (C=O) groups excluding carboxylic acids is 1. The van der Waals surface area contributed by atoms with Crippen LogP contribution in [0.5, 0.6) is 0 Å². The van der Waals surface area contributed by atoms with Crippen LogP contribution in [0.3, 0.4) is 0 Å². The second-order valence-electron chi connectivity index (χ2n) is 5.03. The summed E-state index contributed by atoms with van der Waals surface area (Å²) in [4.78, 5) is 13.8. The summed E-state index contributed by atoms with van der Waals surface area (Å²) in [6.07, 6.45) is 1.02. The average Bonchev–Trinajstić information content (AvgIpc) is 2.81. The number of nitrogens with zero attached hydrogens (tertiary/aromatic N) is 1. The molecule has 5 heteroatoms. The molecule has 106 valence electrons. The highest BCUT2D eigenvalue weighted by Crippen LogP contribution is 2.15. The standard InChI is InChI=1S/C13H26N2O3/c1-4-17-7-8-18-11-5-6-15(9-11)13(16)12(14)10(2)3/h10-12H,4-9,14H2,1-3H3/t11-,12-/m0/s1. The lowest BCUT2D eigenvalue weighted by Crippen LogP contribution is -2.45. The lowest BCUT2D eigenvalue weighted by Gasteiger charge is -2.23. The van der Waals surface area contributed by atoms with Gasteiger partial charge in [0.1, 0.15) is 0 Å². The molecule has 1 saturated heterocycles. The van der Waals surface area contributed by atoms with E-state index in [0.717, 1.165) is 13.0 Å². The van der Waals surface area contributed by atoms with Crippen molar-refractivity contribution >= 4 is 5.91 Å². The normalized spacial score (nSPS) is 21.6. The van der Waals surface area contributed by atoms with Crippen LogP contribution in [-0.4, -0.2) is 55.9 Å². The Morgan fingerprint density at radius 1 is 1.44 bits per heavy atom. The number of hydrogen-bond donors (Lipinski definition) is 1. The van der Waals surface area contributed by atoms with Gasteiger partial charge in [0, 0.05) is 19.7 Å². The molecule has 5 nitrogen and oxygen atoms in total. The van der Waals surface area contributed by atoms with E-state index in [9.17, 15) is 4.79 Å². The molecule has 2 N–H and O–H groups in total. The molecule has 0 aliphatic carbocycles. The minimum absolute atomic E-state index is 0.0425. The van der Waals surface area contributed by atoms with Crippen LogP contribution in [-0.2, 0) is 14.3 Å². The summed E-state index contributed by atoms with van der Waals surface area (Å²) in [5.74, 6) is 0.219. The Morgan fingerprint density at radius 3 is 2.78 bits per heavy atom. The van der Waals surface area contributed by atoms with Gasteiger partial charge in [0.25, 0.3) is 0 Å². The van der Waals surface area contributed by atoms with Crippen LogP contribution >= 0.6 is 0 Å². The maximum atomic E-state index is 12.0. The van der Waals surface area contributed by atoms with Gasteiger partial charge in [-0.15, -0.1) is 0 Å². The van der Waals surface area contributed by atoms with Gasteiger partial charge in [-0.2, -0.15) is 0 Å². The van der Waals surface area contributed by atoms with Crippen LogP contribution in [0.4, 0.5) is 0 Å². The summed E-state index contributed by atoms with van der Waals surface area (Å²) < 4.78 is 10.9. The fraction of sp³-hybridized carbons (Fsp3) is 0.923. The van der Waals surface area contributed by atoms with Crippen LogP contribution in [0, 0.1) is 5.92 Å². The maximum absolute atomic E-state index is 12.0. The van der Waals surface area contributed by atoms with Crippen molar-refractivity contribution in [2.45, 2.75) is 39.3 Å². The van der Waals surface area contributed by atoms with Crippen molar-refractivity contribution in [3.63, 3.8) is 0 Å². The monoisotopic (exact) mass is 258 g/mol. The first kappa shape index (κ1) is 15.4. The van der Waals surface area contributed by atoms with E-state index in [-0.39, 0.29) is 17.9 Å². The van der Waals surface area contributed by atoms with E-state index in [0.29, 0.717) is 26.4 Å². The third kappa shape index (κ3) is 4.55. The van der Waals surface area contributed by atoms with Crippen molar-refractivity contribution in [3.05, 3.63) is 0 Å². The molecule has 0 aromatic heterocycles. The van der Waals surface area contributed by atoms with Crippen molar-refractivity contribution in [2.24, 2.45) is 11.7 Å². The topological polar surface area (TPSA) is 64.8 Å². The molecule has 0 spiro atoms. The molecule has 0 bridgehead atoms. The predicted octanol–water partition coefficient (Wildman–Crippen LogP) is 0.624. The number of hydrogen-bond acceptors (Lipinski definition) is 4. The molecule has 18 heavy (non-hydrogen) atoms. The fourth-order valence-corrected chi connectivity index (χ4v) is 1.98. The molecule has 1 aliphatic rings. The molecule has 0 saturated carbocycles. The van der Waals surface area contributed by atoms with Crippen LogP contribution in [0.15, 0.2) is 0 Å². The van der Waals surface area contributed by atoms with Crippen molar-refractivity contribution in [2.75, 3.05) is 32.9 Å². The molecule has 1 amide bonds. The van der Waals surface area contributed by atoms with Gasteiger partial charge >= 0.3 is 0 Å². The lowest BCUT2D eigenvalue weighted by atomic mass is 10.0. The van der Waals surface area contributed by atoms with Crippen LogP contribution < -0.4 is 5.73 Å². The van der Waals surface area contributed by atoms with Gasteiger partial charge in [-0.05, 0) is 19.3 Å². The van der Waals surface area contributed by atoms with Gasteiger partial charge < -0.3 is 20.1 Å². The van der Waals surface area contributed by atoms with E-state index < -0.39 is 6.04 Å². The van der Waals surface area contributed by atoms with Crippen LogP contribution in [0.25, 0.3) is 0 Å². The van der Waals surface area contributed by atoms with Crippen LogP contribution in [0.1, 0.15) is 27.2 Å². The van der Waals surface area contributed by atoms with Gasteiger partial charge in [-0.1, -0.05) is 13.8 Å². The molecule has 1 heterocycles. The quantitative estimate of drug-likeness (QED) is 0.680. The van der Waals surface area contributed by atoms with Gasteiger partial charge in [0.2, 0.25) is 5.91 Å². The third-order valence-electron chi connectivity index (χ3n) is 3.25. The van der Waals surface area contributed by atoms with E-state index in [4.69, 9.17) is 15.2 Å². The molecule has 1 rings (SSSR count). The van der Waals surface area contributed by atoms with E-state index in [1.54, 1.807) is 0 Å². The molecular weight excluding hydrogens is 232 g/mol. The Morgan fingerprint density at radius 2 is 2.17 bits per heavy atom. The lowest BCUT2D eigenvalue weighted by molar-refractivity contribution is -0.133. The maximum Gasteiger partial charge on any atom is 0.239 e. The Hall–Kier alpha value is -0.650. The molecule has 1 aliphatic heterocycles. The Balaban J connectivity index is 2.26. The van der Waals surface area contributed by atoms with Gasteiger partial charge in [0.15, 0.2) is 0 Å². The first-order chi connectivity index (χ1) is 8.56. The summed E-state index contributed by atoms with van der Waals surface area (Å²) in [7, 11) is 0. The minimum Gasteiger partial charge on any atom is -0.379 e. The van der Waals surface area contributed by atoms with Crippen LogP contribution in [0.2, 0.25) is 0 Å². The smallest absolute Gasteiger partial charge is 0.239 e. The van der Waals surface area contributed by atoms with Gasteiger partial charge in [-0.25, -0.2) is 0 Å². The van der Waals surface area contributed by atoms with Gasteiger partial charge in [-0.3, -0.25) is 4.79 Å². The first-order valence-corrected chi connectivity index (χ1v) is 6.80. The highest BCUT2D eigenvalue weighted by molar-refractivity contribution is 5.82. The summed E-state index contributed by atoms with van der Waals surface area (Å²) in [6, 6.07) is -0.396. The number of amides is 1. The Kier molecular flexibility index (Phi) is 6.60. The zero-order valence-corrected chi connectivity index (χ0v) is 11.7. The number of carbonyl (C=O) groups is 1. The number of ether oxygens (including phenoxy) is 2. The highest BCUT2D eigenvalue weighted by Gasteiger charge is 2.30. The molecule has 2 atom stereocenters. The first-order valence-electron chi connectivity index (χ1n) is 6.80. The zero-order chi connectivity index (χ0) is 13.5. The zero-order valence-electron chi connectivity index (χ0n) is 11.7. The summed E-state index contributed by atoms with van der Waals surface area (Å²) >= 11 is 0. The number of likely N-dealkylation sites (tertiary alicyclic amines) is 1. The molecule has 0 unspecified atom stereocenters. The summed E-state index contributed by atoms with van der Waals surface area (Å²) in [5, 5.41) is 0. The van der Waals surface area contributed by atoms with E-state index in [2.05, 4.69) is 0 Å². The second-order valence-corrected chi connectivity index (χ2v) is 5.03. The highest BCUT2D eigenvalue weighted by atomic mass is 16.5. The number of nitrogens with two attached hydrogens (primary N) is 1. The average molecular weight is 258 g/mol. The largest absolute Gasteiger partial charge is 0.379 e. The van der Waals surface area contributed by atoms with E-state index in [1.165, 1.54) is 0 Å².